The average Bonchev–Trinajstić information content (AvgIpc) is 2.80. The van der Waals surface area contributed by atoms with Crippen molar-refractivity contribution in [3.63, 3.8) is 0 Å². The van der Waals surface area contributed by atoms with Crippen LogP contribution in [0.4, 0.5) is 17.6 Å². The van der Waals surface area contributed by atoms with Crippen molar-refractivity contribution in [2.45, 2.75) is 83.5 Å². The summed E-state index contributed by atoms with van der Waals surface area (Å²) in [5, 5.41) is 0. The number of rotatable bonds is 6. The van der Waals surface area contributed by atoms with Crippen LogP contribution in [0.25, 0.3) is 11.1 Å². The number of halogens is 4. The Morgan fingerprint density at radius 3 is 1.84 bits per heavy atom. The second kappa shape index (κ2) is 10.4. The zero-order valence-electron chi connectivity index (χ0n) is 19.0. The van der Waals surface area contributed by atoms with E-state index in [-0.39, 0.29) is 17.0 Å². The molecule has 0 unspecified atom stereocenters. The fourth-order valence-corrected chi connectivity index (χ4v) is 6.12. The Morgan fingerprint density at radius 2 is 1.28 bits per heavy atom. The highest BCUT2D eigenvalue weighted by molar-refractivity contribution is 5.65. The third-order valence-corrected chi connectivity index (χ3v) is 8.04. The van der Waals surface area contributed by atoms with Gasteiger partial charge in [-0.15, -0.1) is 0 Å². The molecule has 0 atom stereocenters. The van der Waals surface area contributed by atoms with E-state index >= 15 is 0 Å². The van der Waals surface area contributed by atoms with Crippen molar-refractivity contribution in [1.82, 2.24) is 0 Å². The molecule has 4 heteroatoms. The molecule has 32 heavy (non-hydrogen) atoms. The number of unbranched alkanes of at least 4 members (excludes halogenated alkanes) is 1. The summed E-state index contributed by atoms with van der Waals surface area (Å²) >= 11 is 0. The smallest absolute Gasteiger partial charge is 0.159 e. The summed E-state index contributed by atoms with van der Waals surface area (Å²) in [6.45, 7) is 2.26. The van der Waals surface area contributed by atoms with E-state index in [1.807, 2.05) is 0 Å². The molecule has 0 heterocycles. The summed E-state index contributed by atoms with van der Waals surface area (Å²) in [5.41, 5.74) is 0.415. The molecule has 2 aromatic carbocycles. The van der Waals surface area contributed by atoms with E-state index in [1.165, 1.54) is 63.1 Å². The molecule has 2 saturated carbocycles. The minimum atomic E-state index is -1.11. The first-order chi connectivity index (χ1) is 15.5. The molecule has 0 aliphatic heterocycles. The summed E-state index contributed by atoms with van der Waals surface area (Å²) in [6.07, 6.45) is 13.6. The van der Waals surface area contributed by atoms with Crippen LogP contribution >= 0.6 is 0 Å². The Balaban J connectivity index is 1.37. The lowest BCUT2D eigenvalue weighted by atomic mass is 9.68. The highest BCUT2D eigenvalue weighted by Crippen LogP contribution is 2.45. The van der Waals surface area contributed by atoms with Crippen molar-refractivity contribution >= 4 is 0 Å². The van der Waals surface area contributed by atoms with Crippen molar-refractivity contribution in [2.24, 2.45) is 17.8 Å². The van der Waals surface area contributed by atoms with Crippen LogP contribution in [0, 0.1) is 41.0 Å². The highest BCUT2D eigenvalue weighted by Gasteiger charge is 2.31. The summed E-state index contributed by atoms with van der Waals surface area (Å²) in [6, 6.07) is 5.74. The Kier molecular flexibility index (Phi) is 7.58. The third-order valence-electron chi connectivity index (χ3n) is 8.04. The van der Waals surface area contributed by atoms with Crippen molar-refractivity contribution in [1.29, 1.82) is 0 Å². The van der Waals surface area contributed by atoms with Crippen molar-refractivity contribution in [3.8, 4) is 11.1 Å². The van der Waals surface area contributed by atoms with Crippen LogP contribution in [-0.2, 0) is 0 Å². The molecule has 4 rings (SSSR count). The lowest BCUT2D eigenvalue weighted by molar-refractivity contribution is 0.156. The van der Waals surface area contributed by atoms with Gasteiger partial charge in [-0.3, -0.25) is 0 Å². The van der Waals surface area contributed by atoms with Gasteiger partial charge in [0.1, 0.15) is 11.6 Å². The van der Waals surface area contributed by atoms with Crippen LogP contribution in [-0.4, -0.2) is 0 Å². The molecule has 0 aromatic heterocycles. The van der Waals surface area contributed by atoms with Gasteiger partial charge in [0, 0.05) is 0 Å². The van der Waals surface area contributed by atoms with Crippen molar-refractivity contribution in [2.75, 3.05) is 0 Å². The average molecular weight is 447 g/mol. The Bertz CT molecular complexity index is 883. The molecular weight excluding hydrogens is 412 g/mol. The largest absolute Gasteiger partial charge is 0.206 e. The van der Waals surface area contributed by atoms with Crippen molar-refractivity contribution < 1.29 is 17.6 Å². The first-order valence-electron chi connectivity index (χ1n) is 12.4. The molecule has 2 aliphatic rings. The van der Waals surface area contributed by atoms with Gasteiger partial charge in [0.2, 0.25) is 0 Å². The zero-order valence-corrected chi connectivity index (χ0v) is 19.0. The van der Waals surface area contributed by atoms with Crippen LogP contribution < -0.4 is 0 Å². The molecule has 0 N–H and O–H groups in total. The maximum Gasteiger partial charge on any atom is 0.159 e. The van der Waals surface area contributed by atoms with Gasteiger partial charge in [-0.2, -0.15) is 0 Å². The molecule has 2 aliphatic carbocycles. The summed E-state index contributed by atoms with van der Waals surface area (Å²) in [5.74, 6) is -0.915. The predicted octanol–water partition coefficient (Wildman–Crippen LogP) is 9.18. The monoisotopic (exact) mass is 446 g/mol. The predicted molar refractivity (Wildman–Crippen MR) is 121 cm³/mol. The Morgan fingerprint density at radius 1 is 0.688 bits per heavy atom. The third kappa shape index (κ3) is 5.21. The van der Waals surface area contributed by atoms with E-state index in [9.17, 15) is 17.6 Å². The highest BCUT2D eigenvalue weighted by atomic mass is 19.2. The van der Waals surface area contributed by atoms with Crippen LogP contribution in [0.1, 0.15) is 89.0 Å². The Labute approximate surface area is 189 Å². The fourth-order valence-electron chi connectivity index (χ4n) is 6.12. The van der Waals surface area contributed by atoms with Crippen LogP contribution in [0.2, 0.25) is 0 Å². The molecule has 0 bridgehead atoms. The van der Waals surface area contributed by atoms with E-state index in [4.69, 9.17) is 0 Å². The topological polar surface area (TPSA) is 0 Å². The van der Waals surface area contributed by atoms with E-state index in [1.54, 1.807) is 0 Å². The lowest BCUT2D eigenvalue weighted by Gasteiger charge is -2.38. The van der Waals surface area contributed by atoms with Gasteiger partial charge >= 0.3 is 0 Å². The van der Waals surface area contributed by atoms with Gasteiger partial charge < -0.3 is 0 Å². The zero-order chi connectivity index (χ0) is 22.7. The number of benzene rings is 2. The summed E-state index contributed by atoms with van der Waals surface area (Å²) in [4.78, 5) is 0. The van der Waals surface area contributed by atoms with Gasteiger partial charge in [0.15, 0.2) is 11.6 Å². The SMILES string of the molecule is CCCCC1CCC(C2CCC(c3cc(F)c(-c4ccc(F)c(F)c4)c(F)c3)CC2)CC1. The normalized spacial score (nSPS) is 26.3. The van der Waals surface area contributed by atoms with E-state index in [2.05, 4.69) is 6.92 Å². The van der Waals surface area contributed by atoms with E-state index < -0.39 is 23.3 Å². The molecular formula is C28H34F4. The van der Waals surface area contributed by atoms with Crippen LogP contribution in [0.5, 0.6) is 0 Å². The molecule has 2 fully saturated rings. The van der Waals surface area contributed by atoms with E-state index in [0.29, 0.717) is 5.56 Å². The van der Waals surface area contributed by atoms with E-state index in [0.717, 1.165) is 55.6 Å². The maximum absolute atomic E-state index is 14.8. The summed E-state index contributed by atoms with van der Waals surface area (Å²) in [7, 11) is 0. The molecule has 174 valence electrons. The standard InChI is InChI=1S/C28H34F4/c1-2-3-4-18-5-7-19(8-6-18)20-9-11-21(12-10-20)23-16-26(31)28(27(32)17-23)22-13-14-24(29)25(30)15-22/h13-21H,2-12H2,1H3. The second-order valence-electron chi connectivity index (χ2n) is 10.0. The first-order valence-corrected chi connectivity index (χ1v) is 12.4. The molecule has 0 nitrogen and oxygen atoms in total. The van der Waals surface area contributed by atoms with Gasteiger partial charge in [0.05, 0.1) is 5.56 Å². The molecule has 0 spiro atoms. The first kappa shape index (κ1) is 23.3. The van der Waals surface area contributed by atoms with Crippen LogP contribution in [0.15, 0.2) is 30.3 Å². The second-order valence-corrected chi connectivity index (χ2v) is 10.0. The Hall–Kier alpha value is -1.84. The van der Waals surface area contributed by atoms with Gasteiger partial charge in [-0.05, 0) is 97.6 Å². The van der Waals surface area contributed by atoms with Gasteiger partial charge in [-0.1, -0.05) is 45.1 Å². The molecule has 2 aromatic rings. The van der Waals surface area contributed by atoms with Crippen molar-refractivity contribution in [3.05, 3.63) is 59.2 Å². The molecule has 0 radical (unpaired) electrons. The number of hydrogen-bond donors (Lipinski definition) is 0. The van der Waals surface area contributed by atoms with Gasteiger partial charge in [0.25, 0.3) is 0 Å². The van der Waals surface area contributed by atoms with Crippen LogP contribution in [0.3, 0.4) is 0 Å². The lowest BCUT2D eigenvalue weighted by Crippen LogP contribution is -2.25. The van der Waals surface area contributed by atoms with Gasteiger partial charge in [-0.25, -0.2) is 17.6 Å². The molecule has 0 amide bonds. The molecule has 0 saturated heterocycles. The number of hydrogen-bond acceptors (Lipinski definition) is 0. The minimum Gasteiger partial charge on any atom is -0.206 e. The minimum absolute atomic E-state index is 0.0173. The quantitative estimate of drug-likeness (QED) is 0.388. The summed E-state index contributed by atoms with van der Waals surface area (Å²) < 4.78 is 56.4. The fraction of sp³-hybridized carbons (Fsp3) is 0.571. The maximum atomic E-state index is 14.8.